The molecule has 1 saturated carbocycles. The molecule has 1 spiro atoms. The van der Waals surface area contributed by atoms with Crippen molar-refractivity contribution in [1.82, 2.24) is 0 Å². The Morgan fingerprint density at radius 3 is 2.17 bits per heavy atom. The summed E-state index contributed by atoms with van der Waals surface area (Å²) in [6, 6.07) is 0. The molecule has 0 aromatic rings. The molecule has 2 rings (SSSR count). The highest BCUT2D eigenvalue weighted by molar-refractivity contribution is 4.91. The highest BCUT2D eigenvalue weighted by Gasteiger charge is 2.45. The van der Waals surface area contributed by atoms with Crippen LogP contribution in [0, 0.1) is 5.41 Å². The zero-order valence-corrected chi connectivity index (χ0v) is 11.7. The molecule has 0 unspecified atom stereocenters. The van der Waals surface area contributed by atoms with Crippen molar-refractivity contribution in [1.29, 1.82) is 0 Å². The Balaban J connectivity index is 1.88. The average Bonchev–Trinajstić information content (AvgIpc) is 2.83. The second-order valence-corrected chi connectivity index (χ2v) is 5.64. The number of methoxy groups -OCH3 is 2. The van der Waals surface area contributed by atoms with Crippen LogP contribution in [-0.4, -0.2) is 46.4 Å². The van der Waals surface area contributed by atoms with Gasteiger partial charge in [-0.15, -0.1) is 0 Å². The molecule has 18 heavy (non-hydrogen) atoms. The highest BCUT2D eigenvalue weighted by Crippen LogP contribution is 2.47. The molecule has 0 aromatic heterocycles. The van der Waals surface area contributed by atoms with Crippen molar-refractivity contribution in [3.63, 3.8) is 0 Å². The monoisotopic (exact) mass is 258 g/mol. The van der Waals surface area contributed by atoms with Crippen LogP contribution in [-0.2, 0) is 18.9 Å². The molecular weight excluding hydrogens is 232 g/mol. The molecule has 0 radical (unpaired) electrons. The lowest BCUT2D eigenvalue weighted by Crippen LogP contribution is -2.42. The second kappa shape index (κ2) is 6.33. The molecule has 1 heterocycles. The number of hydrogen-bond donors (Lipinski definition) is 0. The molecule has 1 saturated heterocycles. The lowest BCUT2D eigenvalue weighted by molar-refractivity contribution is -0.196. The molecule has 4 heteroatoms. The van der Waals surface area contributed by atoms with E-state index in [1.807, 2.05) is 0 Å². The van der Waals surface area contributed by atoms with E-state index in [0.717, 1.165) is 58.5 Å². The van der Waals surface area contributed by atoms with Crippen LogP contribution in [0.4, 0.5) is 0 Å². The molecule has 0 amide bonds. The summed E-state index contributed by atoms with van der Waals surface area (Å²) in [5, 5.41) is 0. The second-order valence-electron chi connectivity index (χ2n) is 5.64. The Kier molecular flexibility index (Phi) is 5.01. The van der Waals surface area contributed by atoms with Crippen LogP contribution in [0.15, 0.2) is 0 Å². The van der Waals surface area contributed by atoms with Crippen LogP contribution in [0.2, 0.25) is 0 Å². The molecule has 4 nitrogen and oxygen atoms in total. The molecule has 0 N–H and O–H groups in total. The lowest BCUT2D eigenvalue weighted by Gasteiger charge is -2.43. The quantitative estimate of drug-likeness (QED) is 0.685. The fraction of sp³-hybridized carbons (Fsp3) is 1.00. The average molecular weight is 258 g/mol. The van der Waals surface area contributed by atoms with E-state index in [4.69, 9.17) is 18.9 Å². The molecule has 2 fully saturated rings. The zero-order valence-electron chi connectivity index (χ0n) is 11.7. The Morgan fingerprint density at radius 1 is 0.944 bits per heavy atom. The topological polar surface area (TPSA) is 36.9 Å². The maximum atomic E-state index is 5.79. The van der Waals surface area contributed by atoms with Crippen molar-refractivity contribution in [2.75, 3.05) is 40.6 Å². The molecule has 0 atom stereocenters. The number of rotatable bonds is 6. The van der Waals surface area contributed by atoms with E-state index in [1.165, 1.54) is 6.42 Å². The summed E-state index contributed by atoms with van der Waals surface area (Å²) < 4.78 is 22.2. The predicted octanol–water partition coefficient (Wildman–Crippen LogP) is 2.36. The maximum absolute atomic E-state index is 5.79. The fourth-order valence-electron chi connectivity index (χ4n) is 3.31. The van der Waals surface area contributed by atoms with E-state index in [0.29, 0.717) is 5.41 Å². The van der Waals surface area contributed by atoms with Gasteiger partial charge in [0.15, 0.2) is 5.79 Å². The molecule has 2 aliphatic rings. The molecule has 0 aromatic carbocycles. The van der Waals surface area contributed by atoms with E-state index in [9.17, 15) is 0 Å². The highest BCUT2D eigenvalue weighted by atomic mass is 16.7. The van der Waals surface area contributed by atoms with E-state index in [-0.39, 0.29) is 5.79 Å². The maximum Gasteiger partial charge on any atom is 0.168 e. The van der Waals surface area contributed by atoms with Gasteiger partial charge < -0.3 is 18.9 Å². The fourth-order valence-corrected chi connectivity index (χ4v) is 3.31. The van der Waals surface area contributed by atoms with Gasteiger partial charge in [0.2, 0.25) is 0 Å². The first kappa shape index (κ1) is 14.3. The summed E-state index contributed by atoms with van der Waals surface area (Å²) >= 11 is 0. The summed E-state index contributed by atoms with van der Waals surface area (Å²) in [7, 11) is 3.56. The minimum atomic E-state index is -0.265. The molecule has 1 aliphatic heterocycles. The number of ether oxygens (including phenoxy) is 4. The van der Waals surface area contributed by atoms with Crippen molar-refractivity contribution in [2.45, 2.75) is 44.3 Å². The molecular formula is C14H26O4. The summed E-state index contributed by atoms with van der Waals surface area (Å²) in [6.45, 7) is 3.18. The summed E-state index contributed by atoms with van der Waals surface area (Å²) in [4.78, 5) is 0. The largest absolute Gasteiger partial charge is 0.385 e. The molecule has 0 bridgehead atoms. The van der Waals surface area contributed by atoms with Gasteiger partial charge in [-0.1, -0.05) is 0 Å². The molecule has 1 aliphatic carbocycles. The van der Waals surface area contributed by atoms with Gasteiger partial charge in [0, 0.05) is 33.7 Å². The van der Waals surface area contributed by atoms with Crippen molar-refractivity contribution < 1.29 is 18.9 Å². The van der Waals surface area contributed by atoms with Crippen LogP contribution >= 0.6 is 0 Å². The molecule has 106 valence electrons. The third-order valence-corrected chi connectivity index (χ3v) is 4.39. The van der Waals surface area contributed by atoms with Gasteiger partial charge in [-0.25, -0.2) is 0 Å². The smallest absolute Gasteiger partial charge is 0.168 e. The van der Waals surface area contributed by atoms with Gasteiger partial charge in [-0.05, 0) is 31.1 Å². The predicted molar refractivity (Wildman–Crippen MR) is 68.5 cm³/mol. The minimum absolute atomic E-state index is 0.265. The van der Waals surface area contributed by atoms with Gasteiger partial charge in [0.1, 0.15) is 0 Å². The Hall–Kier alpha value is -0.160. The van der Waals surface area contributed by atoms with Gasteiger partial charge in [-0.3, -0.25) is 0 Å². The van der Waals surface area contributed by atoms with Crippen molar-refractivity contribution in [2.24, 2.45) is 5.41 Å². The van der Waals surface area contributed by atoms with Crippen LogP contribution in [0.3, 0.4) is 0 Å². The van der Waals surface area contributed by atoms with Crippen molar-refractivity contribution in [3.8, 4) is 0 Å². The van der Waals surface area contributed by atoms with Crippen LogP contribution in [0.5, 0.6) is 0 Å². The van der Waals surface area contributed by atoms with E-state index in [1.54, 1.807) is 14.2 Å². The van der Waals surface area contributed by atoms with Gasteiger partial charge in [-0.2, -0.15) is 0 Å². The van der Waals surface area contributed by atoms with Crippen LogP contribution < -0.4 is 0 Å². The number of hydrogen-bond acceptors (Lipinski definition) is 4. The first-order chi connectivity index (χ1) is 8.74. The van der Waals surface area contributed by atoms with Crippen molar-refractivity contribution >= 4 is 0 Å². The van der Waals surface area contributed by atoms with Gasteiger partial charge in [0.25, 0.3) is 0 Å². The van der Waals surface area contributed by atoms with Gasteiger partial charge >= 0.3 is 0 Å². The van der Waals surface area contributed by atoms with E-state index >= 15 is 0 Å². The summed E-state index contributed by atoms with van der Waals surface area (Å²) in [6.07, 6.45) is 6.54. The van der Waals surface area contributed by atoms with E-state index in [2.05, 4.69) is 0 Å². The summed E-state index contributed by atoms with van der Waals surface area (Å²) in [5.74, 6) is -0.265. The van der Waals surface area contributed by atoms with Crippen LogP contribution in [0.1, 0.15) is 38.5 Å². The Morgan fingerprint density at radius 2 is 1.61 bits per heavy atom. The Bertz CT molecular complexity index is 238. The van der Waals surface area contributed by atoms with Crippen LogP contribution in [0.25, 0.3) is 0 Å². The zero-order chi connectivity index (χ0) is 12.9. The Labute approximate surface area is 110 Å². The third-order valence-electron chi connectivity index (χ3n) is 4.39. The van der Waals surface area contributed by atoms with Gasteiger partial charge in [0.05, 0.1) is 19.8 Å². The lowest BCUT2D eigenvalue weighted by atomic mass is 9.70. The summed E-state index contributed by atoms with van der Waals surface area (Å²) in [5.41, 5.74) is 0.299. The van der Waals surface area contributed by atoms with Crippen molar-refractivity contribution in [3.05, 3.63) is 0 Å². The first-order valence-electron chi connectivity index (χ1n) is 7.00. The minimum Gasteiger partial charge on any atom is -0.385 e. The third kappa shape index (κ3) is 3.23. The SMILES string of the molecule is COCCCC1(COC)CCC2(CC1)OCCO2. The van der Waals surface area contributed by atoms with E-state index < -0.39 is 0 Å². The first-order valence-corrected chi connectivity index (χ1v) is 7.00. The normalized spacial score (nSPS) is 25.7. The standard InChI is InChI=1S/C14H26O4/c1-15-9-3-4-13(12-16-2)5-7-14(8-6-13)17-10-11-18-14/h3-12H2,1-2H3.